The lowest BCUT2D eigenvalue weighted by Gasteiger charge is -2.28. The van der Waals surface area contributed by atoms with Crippen molar-refractivity contribution in [3.8, 4) is 5.75 Å². The Labute approximate surface area is 180 Å². The Bertz CT molecular complexity index is 1070. The van der Waals surface area contributed by atoms with E-state index < -0.39 is 11.6 Å². The van der Waals surface area contributed by atoms with E-state index in [9.17, 15) is 9.59 Å². The third kappa shape index (κ3) is 4.63. The Hall–Kier alpha value is -3.55. The molecule has 1 aromatic heterocycles. The van der Waals surface area contributed by atoms with Crippen molar-refractivity contribution in [1.29, 1.82) is 0 Å². The Morgan fingerprint density at radius 2 is 2.00 bits per heavy atom. The number of carbonyl (C=O) groups is 2. The number of hydrogen-bond donors (Lipinski definition) is 0. The van der Waals surface area contributed by atoms with Gasteiger partial charge in [-0.25, -0.2) is 9.79 Å². The number of aliphatic imine (C=N–C) groups is 2. The van der Waals surface area contributed by atoms with Crippen LogP contribution in [0.5, 0.6) is 5.75 Å². The highest BCUT2D eigenvalue weighted by molar-refractivity contribution is 6.21. The molecule has 160 valence electrons. The minimum atomic E-state index is -0.590. The standard InChI is InChI=1S/C23H24N4O4/c1-23(2,3)31-20(29)14-30-18-8-4-7-16-21(18)26-19(27-11-10-25-22(16)27)12-17(28)15-6-5-9-24-13-15/h4-9,13H,10-12,14H2,1-3H3. The molecule has 2 aliphatic rings. The zero-order valence-corrected chi connectivity index (χ0v) is 17.8. The van der Waals surface area contributed by atoms with Gasteiger partial charge in [-0.2, -0.15) is 0 Å². The van der Waals surface area contributed by atoms with Crippen molar-refractivity contribution in [2.24, 2.45) is 9.98 Å². The second-order valence-corrected chi connectivity index (χ2v) is 8.25. The number of hydrogen-bond acceptors (Lipinski definition) is 8. The SMILES string of the molecule is CC(C)(C)OC(=O)COc1cccc2c1N=C(CC(=O)c1cccnc1)N1CCN=C21. The lowest BCUT2D eigenvalue weighted by Crippen LogP contribution is -2.38. The fraction of sp³-hybridized carbons (Fsp3) is 0.348. The Morgan fingerprint density at radius 3 is 2.74 bits per heavy atom. The molecule has 2 aliphatic heterocycles. The predicted molar refractivity (Wildman–Crippen MR) is 116 cm³/mol. The number of pyridine rings is 1. The van der Waals surface area contributed by atoms with Crippen LogP contribution in [0.15, 0.2) is 52.7 Å². The average molecular weight is 420 g/mol. The highest BCUT2D eigenvalue weighted by atomic mass is 16.6. The van der Waals surface area contributed by atoms with E-state index in [4.69, 9.17) is 14.5 Å². The van der Waals surface area contributed by atoms with Crippen LogP contribution >= 0.6 is 0 Å². The van der Waals surface area contributed by atoms with E-state index in [0.717, 1.165) is 11.4 Å². The van der Waals surface area contributed by atoms with E-state index in [1.807, 2.05) is 17.0 Å². The van der Waals surface area contributed by atoms with E-state index in [-0.39, 0.29) is 18.8 Å². The van der Waals surface area contributed by atoms with Gasteiger partial charge >= 0.3 is 5.97 Å². The van der Waals surface area contributed by atoms with Crippen LogP contribution in [0.2, 0.25) is 0 Å². The molecule has 31 heavy (non-hydrogen) atoms. The number of benzene rings is 1. The molecule has 8 heteroatoms. The number of nitrogens with zero attached hydrogens (tertiary/aromatic N) is 4. The number of ether oxygens (including phenoxy) is 2. The summed E-state index contributed by atoms with van der Waals surface area (Å²) in [4.78, 5) is 40.2. The number of amidine groups is 2. The topological polar surface area (TPSA) is 93.5 Å². The van der Waals surface area contributed by atoms with Gasteiger partial charge in [0.1, 0.15) is 28.7 Å². The van der Waals surface area contributed by atoms with Crippen molar-refractivity contribution >= 4 is 29.1 Å². The van der Waals surface area contributed by atoms with Crippen LogP contribution in [-0.4, -0.2) is 58.6 Å². The van der Waals surface area contributed by atoms with Crippen molar-refractivity contribution < 1.29 is 19.1 Å². The van der Waals surface area contributed by atoms with Crippen molar-refractivity contribution in [1.82, 2.24) is 9.88 Å². The number of carbonyl (C=O) groups excluding carboxylic acids is 2. The van der Waals surface area contributed by atoms with E-state index in [2.05, 4.69) is 9.98 Å². The number of aromatic nitrogens is 1. The van der Waals surface area contributed by atoms with Crippen LogP contribution in [0.1, 0.15) is 43.1 Å². The largest absolute Gasteiger partial charge is 0.480 e. The van der Waals surface area contributed by atoms with Crippen LogP contribution in [0.3, 0.4) is 0 Å². The molecule has 0 radical (unpaired) electrons. The maximum absolute atomic E-state index is 12.8. The van der Waals surface area contributed by atoms with Gasteiger partial charge in [0.15, 0.2) is 12.4 Å². The lowest BCUT2D eigenvalue weighted by atomic mass is 10.1. The van der Waals surface area contributed by atoms with Crippen molar-refractivity contribution in [2.45, 2.75) is 32.8 Å². The first-order chi connectivity index (χ1) is 14.8. The maximum Gasteiger partial charge on any atom is 0.344 e. The summed E-state index contributed by atoms with van der Waals surface area (Å²) >= 11 is 0. The second-order valence-electron chi connectivity index (χ2n) is 8.25. The normalized spacial score (nSPS) is 14.9. The van der Waals surface area contributed by atoms with Gasteiger partial charge in [-0.3, -0.25) is 14.8 Å². The third-order valence-electron chi connectivity index (χ3n) is 4.70. The molecule has 2 aromatic rings. The molecule has 0 amide bonds. The van der Waals surface area contributed by atoms with Gasteiger partial charge in [-0.1, -0.05) is 6.07 Å². The van der Waals surface area contributed by atoms with Crippen molar-refractivity contribution in [3.05, 3.63) is 53.9 Å². The second kappa shape index (κ2) is 8.29. The molecule has 4 rings (SSSR count). The first-order valence-corrected chi connectivity index (χ1v) is 10.1. The summed E-state index contributed by atoms with van der Waals surface area (Å²) in [5.74, 6) is 1.28. The summed E-state index contributed by atoms with van der Waals surface area (Å²) in [5, 5.41) is 0. The Kier molecular flexibility index (Phi) is 5.54. The quantitative estimate of drug-likeness (QED) is 0.526. The highest BCUT2D eigenvalue weighted by Gasteiger charge is 2.32. The Balaban J connectivity index is 1.61. The molecule has 0 unspecified atom stereocenters. The molecule has 0 saturated heterocycles. The molecule has 0 saturated carbocycles. The summed E-state index contributed by atoms with van der Waals surface area (Å²) in [6.45, 7) is 6.46. The molecular formula is C23H24N4O4. The zero-order valence-electron chi connectivity index (χ0n) is 17.8. The molecule has 0 fully saturated rings. The number of Topliss-reactive ketones (excluding diaryl/α,β-unsaturated/α-hetero) is 1. The molecule has 1 aromatic carbocycles. The van der Waals surface area contributed by atoms with Gasteiger partial charge < -0.3 is 14.4 Å². The molecule has 0 bridgehead atoms. The Morgan fingerprint density at radius 1 is 1.16 bits per heavy atom. The predicted octanol–water partition coefficient (Wildman–Crippen LogP) is 3.18. The fourth-order valence-corrected chi connectivity index (χ4v) is 3.47. The van der Waals surface area contributed by atoms with Crippen LogP contribution < -0.4 is 4.74 Å². The fourth-order valence-electron chi connectivity index (χ4n) is 3.47. The maximum atomic E-state index is 12.8. The highest BCUT2D eigenvalue weighted by Crippen LogP contribution is 2.37. The summed E-state index contributed by atoms with van der Waals surface area (Å²) in [7, 11) is 0. The van der Waals surface area contributed by atoms with Crippen LogP contribution in [0.25, 0.3) is 0 Å². The number of ketones is 1. The van der Waals surface area contributed by atoms with E-state index >= 15 is 0 Å². The minimum Gasteiger partial charge on any atom is -0.480 e. The molecular weight excluding hydrogens is 396 g/mol. The first-order valence-electron chi connectivity index (χ1n) is 10.1. The van der Waals surface area contributed by atoms with Crippen molar-refractivity contribution in [2.75, 3.05) is 19.7 Å². The van der Waals surface area contributed by atoms with Crippen LogP contribution in [-0.2, 0) is 9.53 Å². The van der Waals surface area contributed by atoms with Crippen molar-refractivity contribution in [3.63, 3.8) is 0 Å². The van der Waals surface area contributed by atoms with Gasteiger partial charge in [0.25, 0.3) is 0 Å². The first kappa shape index (κ1) is 20.7. The van der Waals surface area contributed by atoms with E-state index in [0.29, 0.717) is 35.9 Å². The molecule has 0 spiro atoms. The zero-order chi connectivity index (χ0) is 22.0. The van der Waals surface area contributed by atoms with Gasteiger partial charge in [-0.05, 0) is 45.0 Å². The molecule has 8 nitrogen and oxygen atoms in total. The number of rotatable bonds is 6. The molecule has 0 aliphatic carbocycles. The van der Waals surface area contributed by atoms with Gasteiger partial charge in [-0.15, -0.1) is 0 Å². The van der Waals surface area contributed by atoms with E-state index in [1.165, 1.54) is 0 Å². The minimum absolute atomic E-state index is 0.0753. The molecule has 0 N–H and O–H groups in total. The third-order valence-corrected chi connectivity index (χ3v) is 4.70. The van der Waals surface area contributed by atoms with Crippen LogP contribution in [0, 0.1) is 0 Å². The summed E-state index contributed by atoms with van der Waals surface area (Å²) in [5.41, 5.74) is 1.32. The number of fused-ring (bicyclic) bond motifs is 3. The van der Waals surface area contributed by atoms with Crippen LogP contribution in [0.4, 0.5) is 5.69 Å². The number of esters is 1. The van der Waals surface area contributed by atoms with Gasteiger partial charge in [0, 0.05) is 30.1 Å². The molecule has 3 heterocycles. The summed E-state index contributed by atoms with van der Waals surface area (Å²) in [6.07, 6.45) is 3.29. The lowest BCUT2D eigenvalue weighted by molar-refractivity contribution is -0.157. The van der Waals surface area contributed by atoms with E-state index in [1.54, 1.807) is 51.4 Å². The number of para-hydroxylation sites is 1. The average Bonchev–Trinajstić information content (AvgIpc) is 3.22. The van der Waals surface area contributed by atoms with Gasteiger partial charge in [0.2, 0.25) is 0 Å². The summed E-state index contributed by atoms with van der Waals surface area (Å²) in [6, 6.07) is 8.97. The summed E-state index contributed by atoms with van der Waals surface area (Å²) < 4.78 is 11.1. The monoisotopic (exact) mass is 420 g/mol. The molecule has 0 atom stereocenters. The smallest absolute Gasteiger partial charge is 0.344 e. The van der Waals surface area contributed by atoms with Gasteiger partial charge in [0.05, 0.1) is 13.0 Å².